The van der Waals surface area contributed by atoms with Crippen molar-refractivity contribution < 1.29 is 9.53 Å². The van der Waals surface area contributed by atoms with E-state index in [0.29, 0.717) is 13.0 Å². The highest BCUT2D eigenvalue weighted by atomic mass is 32.2. The molecule has 0 fully saturated rings. The minimum atomic E-state index is 0.182. The van der Waals surface area contributed by atoms with Crippen molar-refractivity contribution in [3.63, 3.8) is 0 Å². The number of aryl methyl sites for hydroxylation is 4. The monoisotopic (exact) mass is 342 g/mol. The normalized spacial score (nSPS) is 10.7. The molecule has 0 heterocycles. The Morgan fingerprint density at radius 3 is 2.46 bits per heavy atom. The molecule has 0 atom stereocenters. The molecule has 2 nitrogen and oxygen atoms in total. The first-order chi connectivity index (χ1) is 11.5. The Bertz CT molecular complexity index is 735. The van der Waals surface area contributed by atoms with Gasteiger partial charge in [-0.15, -0.1) is 0 Å². The minimum absolute atomic E-state index is 0.182. The molecule has 0 amide bonds. The number of thioether (sulfide) groups is 1. The maximum absolute atomic E-state index is 11.8. The standard InChI is InChI=1S/C21H26O2S/c1-6-17-11-16(5)19(12-15(17)4)23-13-18-14(3)9-8-10-20(18)24-21(22)7-2/h8-12H,6-7,13H2,1-5H3. The molecule has 0 aromatic heterocycles. The Morgan fingerprint density at radius 2 is 1.79 bits per heavy atom. The molecule has 0 spiro atoms. The average molecular weight is 343 g/mol. The third-order valence-corrected chi connectivity index (χ3v) is 5.38. The molecule has 2 rings (SSSR count). The summed E-state index contributed by atoms with van der Waals surface area (Å²) in [5, 5.41) is 0.182. The van der Waals surface area contributed by atoms with E-state index in [9.17, 15) is 4.79 Å². The zero-order chi connectivity index (χ0) is 17.7. The maximum atomic E-state index is 11.8. The number of hydrogen-bond donors (Lipinski definition) is 0. The van der Waals surface area contributed by atoms with Crippen molar-refractivity contribution in [2.75, 3.05) is 0 Å². The van der Waals surface area contributed by atoms with Crippen LogP contribution in [0.15, 0.2) is 35.2 Å². The summed E-state index contributed by atoms with van der Waals surface area (Å²) < 4.78 is 6.12. The van der Waals surface area contributed by atoms with Crippen LogP contribution in [0, 0.1) is 20.8 Å². The van der Waals surface area contributed by atoms with Crippen molar-refractivity contribution >= 4 is 16.9 Å². The van der Waals surface area contributed by atoms with Gasteiger partial charge in [-0.25, -0.2) is 0 Å². The fourth-order valence-corrected chi connectivity index (χ4v) is 3.57. The van der Waals surface area contributed by atoms with E-state index in [1.807, 2.05) is 19.1 Å². The van der Waals surface area contributed by atoms with E-state index in [1.165, 1.54) is 22.9 Å². The fourth-order valence-electron chi connectivity index (χ4n) is 2.69. The van der Waals surface area contributed by atoms with E-state index in [2.05, 4.69) is 45.9 Å². The molecule has 0 radical (unpaired) electrons. The van der Waals surface area contributed by atoms with Crippen LogP contribution in [0.2, 0.25) is 0 Å². The highest BCUT2D eigenvalue weighted by Crippen LogP contribution is 2.29. The number of ether oxygens (including phenoxy) is 1. The van der Waals surface area contributed by atoms with Crippen LogP contribution in [0.5, 0.6) is 5.75 Å². The van der Waals surface area contributed by atoms with Crippen molar-refractivity contribution in [1.29, 1.82) is 0 Å². The van der Waals surface area contributed by atoms with Crippen molar-refractivity contribution in [3.05, 3.63) is 58.1 Å². The van der Waals surface area contributed by atoms with Crippen molar-refractivity contribution in [3.8, 4) is 5.75 Å². The highest BCUT2D eigenvalue weighted by molar-refractivity contribution is 8.13. The SMILES string of the molecule is CCC(=O)Sc1cccc(C)c1COc1cc(C)c(CC)cc1C. The van der Waals surface area contributed by atoms with Crippen molar-refractivity contribution in [1.82, 2.24) is 0 Å². The predicted octanol–water partition coefficient (Wildman–Crippen LogP) is 5.78. The van der Waals surface area contributed by atoms with E-state index in [1.54, 1.807) is 0 Å². The lowest BCUT2D eigenvalue weighted by Gasteiger charge is -2.16. The second-order valence-corrected chi connectivity index (χ2v) is 7.16. The largest absolute Gasteiger partial charge is 0.489 e. The Morgan fingerprint density at radius 1 is 1.04 bits per heavy atom. The van der Waals surface area contributed by atoms with Gasteiger partial charge in [0.15, 0.2) is 5.12 Å². The van der Waals surface area contributed by atoms with Crippen LogP contribution in [0.4, 0.5) is 0 Å². The van der Waals surface area contributed by atoms with Gasteiger partial charge in [0, 0.05) is 16.9 Å². The van der Waals surface area contributed by atoms with Gasteiger partial charge in [0.2, 0.25) is 0 Å². The predicted molar refractivity (Wildman–Crippen MR) is 102 cm³/mol. The van der Waals surface area contributed by atoms with Gasteiger partial charge < -0.3 is 4.74 Å². The summed E-state index contributed by atoms with van der Waals surface area (Å²) in [6.45, 7) is 10.8. The summed E-state index contributed by atoms with van der Waals surface area (Å²) in [4.78, 5) is 12.8. The van der Waals surface area contributed by atoms with E-state index in [4.69, 9.17) is 4.74 Å². The summed E-state index contributed by atoms with van der Waals surface area (Å²) >= 11 is 1.31. The summed E-state index contributed by atoms with van der Waals surface area (Å²) in [7, 11) is 0. The molecular weight excluding hydrogens is 316 g/mol. The summed E-state index contributed by atoms with van der Waals surface area (Å²) in [6.07, 6.45) is 1.57. The maximum Gasteiger partial charge on any atom is 0.193 e. The first-order valence-corrected chi connectivity index (χ1v) is 9.30. The quantitative estimate of drug-likeness (QED) is 0.622. The molecule has 128 valence electrons. The third kappa shape index (κ3) is 4.41. The van der Waals surface area contributed by atoms with E-state index in [0.717, 1.165) is 33.8 Å². The van der Waals surface area contributed by atoms with Crippen LogP contribution in [0.1, 0.15) is 48.1 Å². The Balaban J connectivity index is 2.23. The zero-order valence-corrected chi connectivity index (χ0v) is 16.0. The van der Waals surface area contributed by atoms with Crippen LogP contribution in [0.25, 0.3) is 0 Å². The van der Waals surface area contributed by atoms with Gasteiger partial charge >= 0.3 is 0 Å². The minimum Gasteiger partial charge on any atom is -0.489 e. The molecule has 2 aromatic carbocycles. The molecule has 0 bridgehead atoms. The molecule has 0 aliphatic carbocycles. The van der Waals surface area contributed by atoms with Gasteiger partial charge in [-0.3, -0.25) is 4.79 Å². The first-order valence-electron chi connectivity index (χ1n) is 8.48. The number of rotatable bonds is 6. The number of hydrogen-bond acceptors (Lipinski definition) is 3. The Labute approximate surface area is 149 Å². The lowest BCUT2D eigenvalue weighted by Crippen LogP contribution is -2.03. The molecule has 0 aliphatic rings. The molecule has 0 aliphatic heterocycles. The molecule has 24 heavy (non-hydrogen) atoms. The van der Waals surface area contributed by atoms with E-state index < -0.39 is 0 Å². The third-order valence-electron chi connectivity index (χ3n) is 4.27. The number of carbonyl (C=O) groups is 1. The molecule has 0 N–H and O–H groups in total. The second-order valence-electron chi connectivity index (χ2n) is 6.07. The molecule has 0 saturated heterocycles. The topological polar surface area (TPSA) is 26.3 Å². The Hall–Kier alpha value is -1.74. The van der Waals surface area contributed by atoms with Gasteiger partial charge in [0.25, 0.3) is 0 Å². The van der Waals surface area contributed by atoms with Crippen LogP contribution in [0.3, 0.4) is 0 Å². The van der Waals surface area contributed by atoms with Crippen LogP contribution < -0.4 is 4.74 Å². The van der Waals surface area contributed by atoms with E-state index in [-0.39, 0.29) is 5.12 Å². The van der Waals surface area contributed by atoms with Gasteiger partial charge in [-0.05, 0) is 61.6 Å². The summed E-state index contributed by atoms with van der Waals surface area (Å²) in [5.41, 5.74) is 6.04. The molecule has 0 unspecified atom stereocenters. The lowest BCUT2D eigenvalue weighted by atomic mass is 10.0. The van der Waals surface area contributed by atoms with Gasteiger partial charge in [0.1, 0.15) is 12.4 Å². The molecular formula is C21H26O2S. The average Bonchev–Trinajstić information content (AvgIpc) is 2.56. The fraction of sp³-hybridized carbons (Fsp3) is 0.381. The van der Waals surface area contributed by atoms with Crippen LogP contribution >= 0.6 is 11.8 Å². The number of carbonyl (C=O) groups excluding carboxylic acids is 1. The lowest BCUT2D eigenvalue weighted by molar-refractivity contribution is -0.110. The van der Waals surface area contributed by atoms with Crippen LogP contribution in [-0.4, -0.2) is 5.12 Å². The second kappa shape index (κ2) is 8.39. The van der Waals surface area contributed by atoms with Crippen molar-refractivity contribution in [2.45, 2.75) is 59.0 Å². The molecule has 2 aromatic rings. The van der Waals surface area contributed by atoms with Crippen molar-refractivity contribution in [2.24, 2.45) is 0 Å². The first kappa shape index (κ1) is 18.6. The Kier molecular flexibility index (Phi) is 6.50. The smallest absolute Gasteiger partial charge is 0.193 e. The van der Waals surface area contributed by atoms with Crippen LogP contribution in [-0.2, 0) is 17.8 Å². The van der Waals surface area contributed by atoms with Gasteiger partial charge in [-0.2, -0.15) is 0 Å². The molecule has 0 saturated carbocycles. The zero-order valence-electron chi connectivity index (χ0n) is 15.2. The molecule has 3 heteroatoms. The van der Waals surface area contributed by atoms with Gasteiger partial charge in [0.05, 0.1) is 0 Å². The van der Waals surface area contributed by atoms with Gasteiger partial charge in [-0.1, -0.05) is 43.8 Å². The summed E-state index contributed by atoms with van der Waals surface area (Å²) in [6, 6.07) is 10.4. The highest BCUT2D eigenvalue weighted by Gasteiger charge is 2.12. The summed E-state index contributed by atoms with van der Waals surface area (Å²) in [5.74, 6) is 0.922. The van der Waals surface area contributed by atoms with E-state index >= 15 is 0 Å². The number of benzene rings is 2.